The van der Waals surface area contributed by atoms with E-state index in [0.29, 0.717) is 27.0 Å². The molecule has 1 aliphatic heterocycles. The number of carbonyl (C=O) groups is 3. The molecule has 3 amide bonds. The molecule has 3 rings (SSSR count). The van der Waals surface area contributed by atoms with Crippen LogP contribution in [0.2, 0.25) is 0 Å². The van der Waals surface area contributed by atoms with Gasteiger partial charge in [-0.15, -0.1) is 0 Å². The van der Waals surface area contributed by atoms with Gasteiger partial charge in [-0.05, 0) is 52.3 Å². The van der Waals surface area contributed by atoms with Gasteiger partial charge in [0, 0.05) is 11.3 Å². The number of ether oxygens (including phenoxy) is 1. The zero-order chi connectivity index (χ0) is 16.6. The summed E-state index contributed by atoms with van der Waals surface area (Å²) in [6, 6.07) is 9.50. The number of carbonyl (C=O) groups excluding carboxylic acids is 3. The highest BCUT2D eigenvalue weighted by atomic mass is 79.9. The van der Waals surface area contributed by atoms with Gasteiger partial charge in [0.05, 0.1) is 22.7 Å². The van der Waals surface area contributed by atoms with Crippen LogP contribution >= 0.6 is 15.9 Å². The fourth-order valence-electron chi connectivity index (χ4n) is 2.26. The molecule has 0 atom stereocenters. The molecular weight excluding hydrogens is 364 g/mol. The molecule has 6 nitrogen and oxygen atoms in total. The molecule has 1 heterocycles. The van der Waals surface area contributed by atoms with Gasteiger partial charge in [0.15, 0.2) is 0 Å². The lowest BCUT2D eigenvalue weighted by Crippen LogP contribution is -2.19. The summed E-state index contributed by atoms with van der Waals surface area (Å²) in [7, 11) is 1.54. The third-order valence-electron chi connectivity index (χ3n) is 3.41. The third-order valence-corrected chi connectivity index (χ3v) is 4.03. The number of nitrogens with one attached hydrogen (secondary N) is 2. The monoisotopic (exact) mass is 374 g/mol. The summed E-state index contributed by atoms with van der Waals surface area (Å²) in [4.78, 5) is 35.4. The van der Waals surface area contributed by atoms with E-state index in [4.69, 9.17) is 4.74 Å². The number of hydrogen-bond acceptors (Lipinski definition) is 4. The number of hydrogen-bond donors (Lipinski definition) is 2. The second-order valence-corrected chi connectivity index (χ2v) is 5.70. The molecule has 0 fully saturated rings. The molecular formula is C16H11BrN2O4. The van der Waals surface area contributed by atoms with Crippen molar-refractivity contribution in [3.05, 3.63) is 57.6 Å². The number of benzene rings is 2. The van der Waals surface area contributed by atoms with E-state index in [-0.39, 0.29) is 11.5 Å². The first-order valence-corrected chi connectivity index (χ1v) is 7.43. The molecule has 23 heavy (non-hydrogen) atoms. The van der Waals surface area contributed by atoms with Gasteiger partial charge in [-0.1, -0.05) is 0 Å². The maximum Gasteiger partial charge on any atom is 0.259 e. The number of fused-ring (bicyclic) bond motifs is 1. The molecule has 2 aromatic rings. The van der Waals surface area contributed by atoms with Gasteiger partial charge < -0.3 is 10.1 Å². The van der Waals surface area contributed by atoms with Gasteiger partial charge in [-0.3, -0.25) is 19.7 Å². The summed E-state index contributed by atoms with van der Waals surface area (Å²) in [5.41, 5.74) is 1.42. The Balaban J connectivity index is 1.84. The van der Waals surface area contributed by atoms with Crippen LogP contribution in [0.5, 0.6) is 5.75 Å². The van der Waals surface area contributed by atoms with Crippen LogP contribution in [-0.2, 0) is 0 Å². The standard InChI is InChI=1S/C16H11BrN2O4/c1-23-13-5-2-8(6-12(13)17)14(20)18-9-3-4-10-11(7-9)16(22)19-15(10)21/h2-7H,1H3,(H,18,20)(H,19,21,22). The van der Waals surface area contributed by atoms with E-state index in [1.165, 1.54) is 19.2 Å². The molecule has 7 heteroatoms. The lowest BCUT2D eigenvalue weighted by molar-refractivity contribution is 0.0878. The van der Waals surface area contributed by atoms with Crippen LogP contribution in [0.25, 0.3) is 0 Å². The van der Waals surface area contributed by atoms with Crippen LogP contribution in [0.15, 0.2) is 40.9 Å². The first-order valence-electron chi connectivity index (χ1n) is 6.64. The number of halogens is 1. The van der Waals surface area contributed by atoms with E-state index in [1.54, 1.807) is 24.3 Å². The zero-order valence-corrected chi connectivity index (χ0v) is 13.6. The molecule has 116 valence electrons. The Hall–Kier alpha value is -2.67. The van der Waals surface area contributed by atoms with E-state index in [9.17, 15) is 14.4 Å². The Morgan fingerprint density at radius 3 is 2.52 bits per heavy atom. The predicted molar refractivity (Wildman–Crippen MR) is 86.9 cm³/mol. The summed E-state index contributed by atoms with van der Waals surface area (Å²) in [6.07, 6.45) is 0. The quantitative estimate of drug-likeness (QED) is 0.808. The largest absolute Gasteiger partial charge is 0.496 e. The van der Waals surface area contributed by atoms with Crippen molar-refractivity contribution in [1.29, 1.82) is 0 Å². The van der Waals surface area contributed by atoms with Gasteiger partial charge in [0.25, 0.3) is 17.7 Å². The molecule has 2 N–H and O–H groups in total. The Bertz CT molecular complexity index is 848. The average Bonchev–Trinajstić information content (AvgIpc) is 2.81. The molecule has 0 aromatic heterocycles. The van der Waals surface area contributed by atoms with Gasteiger partial charge in [-0.25, -0.2) is 0 Å². The van der Waals surface area contributed by atoms with E-state index in [0.717, 1.165) is 0 Å². The minimum absolute atomic E-state index is 0.253. The fourth-order valence-corrected chi connectivity index (χ4v) is 2.80. The topological polar surface area (TPSA) is 84.5 Å². The van der Waals surface area contributed by atoms with Crippen LogP contribution in [0, 0.1) is 0 Å². The maximum atomic E-state index is 12.3. The number of amides is 3. The molecule has 2 aromatic carbocycles. The average molecular weight is 375 g/mol. The van der Waals surface area contributed by atoms with Crippen molar-refractivity contribution in [3.8, 4) is 5.75 Å². The predicted octanol–water partition coefficient (Wildman–Crippen LogP) is 2.59. The Morgan fingerprint density at radius 2 is 1.83 bits per heavy atom. The summed E-state index contributed by atoms with van der Waals surface area (Å²) >= 11 is 3.32. The van der Waals surface area contributed by atoms with Gasteiger partial charge in [0.2, 0.25) is 0 Å². The second-order valence-electron chi connectivity index (χ2n) is 4.85. The number of methoxy groups -OCH3 is 1. The van der Waals surface area contributed by atoms with Crippen LogP contribution in [-0.4, -0.2) is 24.8 Å². The maximum absolute atomic E-state index is 12.3. The van der Waals surface area contributed by atoms with E-state index in [1.807, 2.05) is 0 Å². The molecule has 0 spiro atoms. The van der Waals surface area contributed by atoms with Crippen molar-refractivity contribution < 1.29 is 19.1 Å². The smallest absolute Gasteiger partial charge is 0.259 e. The van der Waals surface area contributed by atoms with Crippen LogP contribution in [0.1, 0.15) is 31.1 Å². The number of imide groups is 1. The summed E-state index contributed by atoms with van der Waals surface area (Å²) in [5, 5.41) is 4.90. The number of anilines is 1. The van der Waals surface area contributed by atoms with E-state index < -0.39 is 11.8 Å². The second kappa shape index (κ2) is 5.85. The third kappa shape index (κ3) is 2.83. The Labute approximate surface area is 140 Å². The molecule has 0 unspecified atom stereocenters. The summed E-state index contributed by atoms with van der Waals surface area (Å²) in [6.45, 7) is 0. The SMILES string of the molecule is COc1ccc(C(=O)Nc2ccc3c(c2)C(=O)NC3=O)cc1Br. The van der Waals surface area contributed by atoms with E-state index >= 15 is 0 Å². The van der Waals surface area contributed by atoms with E-state index in [2.05, 4.69) is 26.6 Å². The first kappa shape index (κ1) is 15.2. The highest BCUT2D eigenvalue weighted by Crippen LogP contribution is 2.26. The summed E-state index contributed by atoms with van der Waals surface area (Å²) in [5.74, 6) is -0.609. The fraction of sp³-hybridized carbons (Fsp3) is 0.0625. The van der Waals surface area contributed by atoms with Crippen molar-refractivity contribution in [2.24, 2.45) is 0 Å². The minimum atomic E-state index is -0.465. The highest BCUT2D eigenvalue weighted by Gasteiger charge is 2.26. The van der Waals surface area contributed by atoms with Crippen LogP contribution in [0.3, 0.4) is 0 Å². The number of rotatable bonds is 3. The van der Waals surface area contributed by atoms with Crippen LogP contribution < -0.4 is 15.4 Å². The normalized spacial score (nSPS) is 12.6. The highest BCUT2D eigenvalue weighted by molar-refractivity contribution is 9.10. The lowest BCUT2D eigenvalue weighted by atomic mass is 10.1. The Morgan fingerprint density at radius 1 is 1.09 bits per heavy atom. The van der Waals surface area contributed by atoms with Crippen molar-refractivity contribution in [1.82, 2.24) is 5.32 Å². The minimum Gasteiger partial charge on any atom is -0.496 e. The molecule has 0 radical (unpaired) electrons. The van der Waals surface area contributed by atoms with Gasteiger partial charge in [0.1, 0.15) is 5.75 Å². The van der Waals surface area contributed by atoms with Crippen molar-refractivity contribution in [2.75, 3.05) is 12.4 Å². The van der Waals surface area contributed by atoms with Gasteiger partial charge >= 0.3 is 0 Å². The summed E-state index contributed by atoms with van der Waals surface area (Å²) < 4.78 is 5.77. The molecule has 1 aliphatic rings. The van der Waals surface area contributed by atoms with Crippen molar-refractivity contribution >= 4 is 39.3 Å². The van der Waals surface area contributed by atoms with Crippen molar-refractivity contribution in [2.45, 2.75) is 0 Å². The Kier molecular flexibility index (Phi) is 3.87. The van der Waals surface area contributed by atoms with Gasteiger partial charge in [-0.2, -0.15) is 0 Å². The molecule has 0 saturated heterocycles. The zero-order valence-electron chi connectivity index (χ0n) is 12.0. The lowest BCUT2D eigenvalue weighted by Gasteiger charge is -2.08. The van der Waals surface area contributed by atoms with Crippen molar-refractivity contribution in [3.63, 3.8) is 0 Å². The first-order chi connectivity index (χ1) is 11.0. The molecule has 0 bridgehead atoms. The molecule has 0 saturated carbocycles. The molecule has 0 aliphatic carbocycles. The van der Waals surface area contributed by atoms with Crippen LogP contribution in [0.4, 0.5) is 5.69 Å².